The molecule has 160 valence electrons. The number of rotatable bonds is 4. The molecule has 1 aliphatic rings. The molecule has 0 radical (unpaired) electrons. The van der Waals surface area contributed by atoms with Crippen LogP contribution in [0.15, 0.2) is 28.6 Å². The number of piperazine rings is 1. The Morgan fingerprint density at radius 1 is 1.13 bits per heavy atom. The van der Waals surface area contributed by atoms with E-state index in [1.807, 2.05) is 38.4 Å². The number of pyridine rings is 1. The van der Waals surface area contributed by atoms with E-state index in [9.17, 15) is 13.2 Å². The van der Waals surface area contributed by atoms with Gasteiger partial charge < -0.3 is 4.90 Å². The highest BCUT2D eigenvalue weighted by Gasteiger charge is 2.32. The SMILES string of the molecule is Cc1cc(C(=O)N2CCN(S(=O)(=O)c3ccc(C)s3)CC2)c2cnn(C(C)C)c2n1. The van der Waals surface area contributed by atoms with Gasteiger partial charge in [0.2, 0.25) is 0 Å². The van der Waals surface area contributed by atoms with Crippen molar-refractivity contribution in [3.8, 4) is 0 Å². The van der Waals surface area contributed by atoms with E-state index in [0.717, 1.165) is 16.0 Å². The fourth-order valence-corrected chi connectivity index (χ4v) is 6.54. The van der Waals surface area contributed by atoms with Crippen LogP contribution < -0.4 is 0 Å². The second-order valence-electron chi connectivity index (χ2n) is 7.79. The summed E-state index contributed by atoms with van der Waals surface area (Å²) in [6.07, 6.45) is 1.69. The highest BCUT2D eigenvalue weighted by Crippen LogP contribution is 2.26. The lowest BCUT2D eigenvalue weighted by atomic mass is 10.1. The highest BCUT2D eigenvalue weighted by atomic mass is 32.2. The number of amides is 1. The predicted molar refractivity (Wildman–Crippen MR) is 116 cm³/mol. The molecule has 30 heavy (non-hydrogen) atoms. The first-order valence-electron chi connectivity index (χ1n) is 9.89. The molecule has 0 saturated carbocycles. The number of hydrogen-bond acceptors (Lipinski definition) is 6. The maximum absolute atomic E-state index is 13.3. The average Bonchev–Trinajstić information content (AvgIpc) is 3.33. The number of sulfonamides is 1. The first-order chi connectivity index (χ1) is 14.2. The average molecular weight is 448 g/mol. The van der Waals surface area contributed by atoms with Crippen LogP contribution in [0, 0.1) is 13.8 Å². The van der Waals surface area contributed by atoms with Gasteiger partial charge in [0.1, 0.15) is 4.21 Å². The molecular formula is C20H25N5O3S2. The van der Waals surface area contributed by atoms with Gasteiger partial charge in [-0.1, -0.05) is 0 Å². The van der Waals surface area contributed by atoms with Gasteiger partial charge in [0.05, 0.1) is 17.1 Å². The molecule has 0 N–H and O–H groups in total. The molecule has 1 amide bonds. The van der Waals surface area contributed by atoms with Crippen molar-refractivity contribution in [2.45, 2.75) is 37.9 Å². The third-order valence-corrected chi connectivity index (χ3v) is 8.62. The molecule has 1 aliphatic heterocycles. The van der Waals surface area contributed by atoms with E-state index in [1.165, 1.54) is 15.6 Å². The van der Waals surface area contributed by atoms with Gasteiger partial charge in [-0.25, -0.2) is 18.1 Å². The van der Waals surface area contributed by atoms with E-state index in [1.54, 1.807) is 23.2 Å². The summed E-state index contributed by atoms with van der Waals surface area (Å²) in [5.74, 6) is -0.113. The smallest absolute Gasteiger partial charge is 0.254 e. The zero-order chi connectivity index (χ0) is 21.6. The van der Waals surface area contributed by atoms with Crippen LogP contribution in [-0.2, 0) is 10.0 Å². The number of aryl methyl sites for hydroxylation is 2. The van der Waals surface area contributed by atoms with Gasteiger partial charge in [0, 0.05) is 42.8 Å². The summed E-state index contributed by atoms with van der Waals surface area (Å²) < 4.78 is 29.3. The van der Waals surface area contributed by atoms with E-state index >= 15 is 0 Å². The normalized spacial score (nSPS) is 16.0. The molecule has 8 nitrogen and oxygen atoms in total. The van der Waals surface area contributed by atoms with Crippen LogP contribution in [0.1, 0.15) is 40.8 Å². The second-order valence-corrected chi connectivity index (χ2v) is 11.2. The number of carbonyl (C=O) groups is 1. The first-order valence-corrected chi connectivity index (χ1v) is 12.1. The van der Waals surface area contributed by atoms with Crippen LogP contribution in [0.25, 0.3) is 11.0 Å². The predicted octanol–water partition coefficient (Wildman–Crippen LogP) is 2.84. The molecule has 3 aromatic rings. The Morgan fingerprint density at radius 3 is 2.43 bits per heavy atom. The molecule has 0 atom stereocenters. The summed E-state index contributed by atoms with van der Waals surface area (Å²) in [7, 11) is -3.51. The third-order valence-electron chi connectivity index (χ3n) is 5.25. The molecule has 0 aliphatic carbocycles. The van der Waals surface area contributed by atoms with Gasteiger partial charge in [-0.15, -0.1) is 11.3 Å². The zero-order valence-corrected chi connectivity index (χ0v) is 19.1. The zero-order valence-electron chi connectivity index (χ0n) is 17.5. The summed E-state index contributed by atoms with van der Waals surface area (Å²) in [5.41, 5.74) is 2.01. The van der Waals surface area contributed by atoms with Crippen LogP contribution in [0.2, 0.25) is 0 Å². The maximum atomic E-state index is 13.3. The molecule has 10 heteroatoms. The van der Waals surface area contributed by atoms with Crippen molar-refractivity contribution in [2.75, 3.05) is 26.2 Å². The Balaban J connectivity index is 1.55. The lowest BCUT2D eigenvalue weighted by molar-refractivity contribution is 0.0700. The van der Waals surface area contributed by atoms with Gasteiger partial charge in [-0.05, 0) is 45.9 Å². The molecule has 0 bridgehead atoms. The van der Waals surface area contributed by atoms with Crippen LogP contribution in [0.3, 0.4) is 0 Å². The monoisotopic (exact) mass is 447 g/mol. The molecule has 3 aromatic heterocycles. The number of carbonyl (C=O) groups excluding carboxylic acids is 1. The van der Waals surface area contributed by atoms with Crippen molar-refractivity contribution in [3.63, 3.8) is 0 Å². The molecule has 0 spiro atoms. The Bertz CT molecular complexity index is 1200. The fourth-order valence-electron chi connectivity index (χ4n) is 3.68. The van der Waals surface area contributed by atoms with E-state index in [2.05, 4.69) is 10.1 Å². The largest absolute Gasteiger partial charge is 0.336 e. The van der Waals surface area contributed by atoms with Crippen LogP contribution in [0.5, 0.6) is 0 Å². The number of thiophene rings is 1. The van der Waals surface area contributed by atoms with Crippen LogP contribution in [-0.4, -0.2) is 64.5 Å². The second kappa shape index (κ2) is 7.75. The third kappa shape index (κ3) is 3.63. The molecular weight excluding hydrogens is 422 g/mol. The van der Waals surface area contributed by atoms with Crippen LogP contribution in [0.4, 0.5) is 0 Å². The van der Waals surface area contributed by atoms with Crippen molar-refractivity contribution in [1.82, 2.24) is 24.0 Å². The minimum atomic E-state index is -3.51. The van der Waals surface area contributed by atoms with Gasteiger partial charge in [0.15, 0.2) is 5.65 Å². The Labute approximate surface area is 180 Å². The summed E-state index contributed by atoms with van der Waals surface area (Å²) in [4.78, 5) is 20.5. The van der Waals surface area contributed by atoms with Gasteiger partial charge >= 0.3 is 0 Å². The number of aromatic nitrogens is 3. The standard InChI is InChI=1S/C20H25N5O3S2/c1-13(2)25-19-17(12-21-25)16(11-14(3)22-19)20(26)23-7-9-24(10-8-23)30(27,28)18-6-5-15(4)29-18/h5-6,11-13H,7-10H2,1-4H3. The molecule has 1 fully saturated rings. The highest BCUT2D eigenvalue weighted by molar-refractivity contribution is 7.91. The Morgan fingerprint density at radius 2 is 1.83 bits per heavy atom. The quantitative estimate of drug-likeness (QED) is 0.614. The lowest BCUT2D eigenvalue weighted by Crippen LogP contribution is -2.50. The topological polar surface area (TPSA) is 88.4 Å². The van der Waals surface area contributed by atoms with Crippen molar-refractivity contribution in [1.29, 1.82) is 0 Å². The van der Waals surface area contributed by atoms with E-state index in [4.69, 9.17) is 0 Å². The molecule has 1 saturated heterocycles. The van der Waals surface area contributed by atoms with Crippen molar-refractivity contribution in [3.05, 3.63) is 40.5 Å². The molecule has 4 heterocycles. The molecule has 4 rings (SSSR count). The van der Waals surface area contributed by atoms with Gasteiger partial charge in [-0.3, -0.25) is 4.79 Å². The molecule has 0 unspecified atom stereocenters. The number of nitrogens with zero attached hydrogens (tertiary/aromatic N) is 5. The van der Waals surface area contributed by atoms with Gasteiger partial charge in [0.25, 0.3) is 15.9 Å². The lowest BCUT2D eigenvalue weighted by Gasteiger charge is -2.33. The van der Waals surface area contributed by atoms with Crippen molar-refractivity contribution >= 4 is 38.3 Å². The van der Waals surface area contributed by atoms with Gasteiger partial charge in [-0.2, -0.15) is 9.40 Å². The summed E-state index contributed by atoms with van der Waals surface area (Å²) in [6.45, 7) is 9.06. The maximum Gasteiger partial charge on any atom is 0.254 e. The Hall–Kier alpha value is -2.30. The first kappa shape index (κ1) is 21.0. The summed E-state index contributed by atoms with van der Waals surface area (Å²) in [5, 5.41) is 5.13. The minimum absolute atomic E-state index is 0.113. The summed E-state index contributed by atoms with van der Waals surface area (Å²) >= 11 is 1.27. The number of fused-ring (bicyclic) bond motifs is 1. The Kier molecular flexibility index (Phi) is 5.41. The fraction of sp³-hybridized carbons (Fsp3) is 0.450. The van der Waals surface area contributed by atoms with E-state index in [-0.39, 0.29) is 25.0 Å². The van der Waals surface area contributed by atoms with Crippen molar-refractivity contribution < 1.29 is 13.2 Å². The van der Waals surface area contributed by atoms with Crippen LogP contribution >= 0.6 is 11.3 Å². The minimum Gasteiger partial charge on any atom is -0.336 e. The van der Waals surface area contributed by atoms with Crippen molar-refractivity contribution in [2.24, 2.45) is 0 Å². The summed E-state index contributed by atoms with van der Waals surface area (Å²) in [6, 6.07) is 5.38. The number of hydrogen-bond donors (Lipinski definition) is 0. The van der Waals surface area contributed by atoms with E-state index < -0.39 is 10.0 Å². The molecule has 0 aromatic carbocycles. The van der Waals surface area contributed by atoms with E-state index in [0.29, 0.717) is 28.5 Å².